The smallest absolute Gasteiger partial charge is 1.00 e. The molecule has 0 aliphatic heterocycles. The summed E-state index contributed by atoms with van der Waals surface area (Å²) in [6.07, 6.45) is 0. The number of phenols is 2. The first-order valence-corrected chi connectivity index (χ1v) is 3.46. The van der Waals surface area contributed by atoms with Crippen LogP contribution < -0.4 is 29.6 Å². The molecular formula is C8H7NaO6. The fraction of sp³-hybridized carbons (Fsp3) is 0. The summed E-state index contributed by atoms with van der Waals surface area (Å²) in [4.78, 5) is 20.9. The van der Waals surface area contributed by atoms with Gasteiger partial charge in [0.15, 0.2) is 0 Å². The number of aromatic carboxylic acids is 2. The van der Waals surface area contributed by atoms with Gasteiger partial charge in [-0.2, -0.15) is 0 Å². The number of benzene rings is 1. The third-order valence-corrected chi connectivity index (χ3v) is 1.57. The molecule has 0 aromatic heterocycles. The number of carboxylic acid groups (broad SMARTS) is 2. The first-order chi connectivity index (χ1) is 6.43. The average molecular weight is 222 g/mol. The maximum Gasteiger partial charge on any atom is 1.00 e. The monoisotopic (exact) mass is 222 g/mol. The van der Waals surface area contributed by atoms with Crippen LogP contribution in [0.25, 0.3) is 0 Å². The second-order valence-corrected chi connectivity index (χ2v) is 2.50. The van der Waals surface area contributed by atoms with Crippen molar-refractivity contribution in [2.75, 3.05) is 0 Å². The molecule has 4 N–H and O–H groups in total. The van der Waals surface area contributed by atoms with E-state index in [9.17, 15) is 9.59 Å². The van der Waals surface area contributed by atoms with Gasteiger partial charge in [0.2, 0.25) is 0 Å². The molecule has 0 bridgehead atoms. The SMILES string of the molecule is O=C(O)c1cc(O)c(C(=O)O)cc1O.[H-].[Na+]. The van der Waals surface area contributed by atoms with Gasteiger partial charge in [-0.25, -0.2) is 9.59 Å². The molecule has 0 amide bonds. The van der Waals surface area contributed by atoms with Crippen molar-refractivity contribution in [2.24, 2.45) is 0 Å². The van der Waals surface area contributed by atoms with Gasteiger partial charge in [0.05, 0.1) is 0 Å². The molecule has 15 heavy (non-hydrogen) atoms. The van der Waals surface area contributed by atoms with Crippen LogP contribution in [0.5, 0.6) is 11.5 Å². The maximum atomic E-state index is 10.4. The first kappa shape index (κ1) is 13.8. The second kappa shape index (κ2) is 5.01. The van der Waals surface area contributed by atoms with Crippen LogP contribution >= 0.6 is 0 Å². The van der Waals surface area contributed by atoms with E-state index in [2.05, 4.69) is 0 Å². The number of carbonyl (C=O) groups is 2. The fourth-order valence-corrected chi connectivity index (χ4v) is 0.919. The Balaban J connectivity index is 0. The molecule has 0 radical (unpaired) electrons. The van der Waals surface area contributed by atoms with Crippen molar-refractivity contribution in [3.8, 4) is 11.5 Å². The van der Waals surface area contributed by atoms with Crippen molar-refractivity contribution in [3.05, 3.63) is 23.3 Å². The molecule has 0 atom stereocenters. The van der Waals surface area contributed by atoms with Crippen LogP contribution in [0, 0.1) is 0 Å². The predicted octanol–water partition coefficient (Wildman–Crippen LogP) is -2.39. The Kier molecular flexibility index (Phi) is 4.60. The normalized spacial score (nSPS) is 9.07. The van der Waals surface area contributed by atoms with E-state index in [1.165, 1.54) is 0 Å². The van der Waals surface area contributed by atoms with E-state index in [-0.39, 0.29) is 31.0 Å². The van der Waals surface area contributed by atoms with Crippen LogP contribution in [-0.2, 0) is 0 Å². The van der Waals surface area contributed by atoms with Crippen molar-refractivity contribution in [1.29, 1.82) is 0 Å². The van der Waals surface area contributed by atoms with E-state index in [0.29, 0.717) is 12.1 Å². The molecule has 0 aliphatic carbocycles. The van der Waals surface area contributed by atoms with Crippen molar-refractivity contribution in [3.63, 3.8) is 0 Å². The van der Waals surface area contributed by atoms with Gasteiger partial charge in [-0.05, 0) is 12.1 Å². The summed E-state index contributed by atoms with van der Waals surface area (Å²) in [6, 6.07) is 1.36. The molecule has 0 unspecified atom stereocenters. The largest absolute Gasteiger partial charge is 1.00 e. The third kappa shape index (κ3) is 2.85. The summed E-state index contributed by atoms with van der Waals surface area (Å²) in [5.41, 5.74) is -1.10. The summed E-state index contributed by atoms with van der Waals surface area (Å²) in [7, 11) is 0. The Labute approximate surface area is 108 Å². The molecule has 0 saturated carbocycles. The molecule has 0 heterocycles. The van der Waals surface area contributed by atoms with Gasteiger partial charge >= 0.3 is 41.5 Å². The Hall–Kier alpha value is -1.24. The third-order valence-electron chi connectivity index (χ3n) is 1.57. The van der Waals surface area contributed by atoms with Gasteiger partial charge < -0.3 is 21.9 Å². The summed E-state index contributed by atoms with van der Waals surface area (Å²) >= 11 is 0. The van der Waals surface area contributed by atoms with E-state index in [4.69, 9.17) is 20.4 Å². The zero-order chi connectivity index (χ0) is 10.9. The van der Waals surface area contributed by atoms with Crippen molar-refractivity contribution >= 4 is 11.9 Å². The predicted molar refractivity (Wildman–Crippen MR) is 44.8 cm³/mol. The quantitative estimate of drug-likeness (QED) is 0.328. The van der Waals surface area contributed by atoms with Gasteiger partial charge in [0.1, 0.15) is 22.6 Å². The molecule has 0 aliphatic rings. The van der Waals surface area contributed by atoms with E-state index < -0.39 is 34.6 Å². The van der Waals surface area contributed by atoms with Crippen molar-refractivity contribution in [2.45, 2.75) is 0 Å². The standard InChI is InChI=1S/C8H6O6.Na.H/c9-5-1-3(7(11)12)6(10)2-4(5)8(13)14;;/h1-2,9-10H,(H,11,12)(H,13,14);;/q;+1;-1. The Morgan fingerprint density at radius 2 is 1.20 bits per heavy atom. The van der Waals surface area contributed by atoms with Crippen molar-refractivity contribution in [1.82, 2.24) is 0 Å². The summed E-state index contributed by atoms with van der Waals surface area (Å²) in [5.74, 6) is -4.30. The van der Waals surface area contributed by atoms with Crippen LogP contribution in [0.2, 0.25) is 0 Å². The number of hydrogen-bond donors (Lipinski definition) is 4. The zero-order valence-corrected chi connectivity index (χ0v) is 9.76. The number of carboxylic acids is 2. The Bertz CT molecular complexity index is 379. The number of rotatable bonds is 2. The summed E-state index contributed by atoms with van der Waals surface area (Å²) in [6.45, 7) is 0. The molecule has 6 nitrogen and oxygen atoms in total. The van der Waals surface area contributed by atoms with E-state index in [0.717, 1.165) is 0 Å². The second-order valence-electron chi connectivity index (χ2n) is 2.50. The molecule has 1 aromatic carbocycles. The average Bonchev–Trinajstić information content (AvgIpc) is 2.07. The molecular weight excluding hydrogens is 215 g/mol. The number of hydrogen-bond acceptors (Lipinski definition) is 4. The maximum absolute atomic E-state index is 10.4. The van der Waals surface area contributed by atoms with Crippen LogP contribution in [0.4, 0.5) is 0 Å². The topological polar surface area (TPSA) is 115 Å². The fourth-order valence-electron chi connectivity index (χ4n) is 0.919. The molecule has 0 saturated heterocycles. The van der Waals surface area contributed by atoms with Crippen LogP contribution in [0.3, 0.4) is 0 Å². The molecule has 1 rings (SSSR count). The first-order valence-electron chi connectivity index (χ1n) is 3.46. The molecule has 1 aromatic rings. The van der Waals surface area contributed by atoms with Gasteiger partial charge in [0, 0.05) is 0 Å². The van der Waals surface area contributed by atoms with E-state index in [1.54, 1.807) is 0 Å². The van der Waals surface area contributed by atoms with Gasteiger partial charge in [-0.15, -0.1) is 0 Å². The number of aromatic hydroxyl groups is 2. The molecule has 76 valence electrons. The summed E-state index contributed by atoms with van der Waals surface area (Å²) in [5, 5.41) is 35.2. The van der Waals surface area contributed by atoms with E-state index in [1.807, 2.05) is 0 Å². The minimum atomic E-state index is -1.45. The minimum absolute atomic E-state index is 0. The molecule has 0 spiro atoms. The van der Waals surface area contributed by atoms with Crippen LogP contribution in [0.15, 0.2) is 12.1 Å². The zero-order valence-electron chi connectivity index (χ0n) is 8.76. The molecule has 0 fully saturated rings. The summed E-state index contributed by atoms with van der Waals surface area (Å²) < 4.78 is 0. The van der Waals surface area contributed by atoms with Crippen LogP contribution in [0.1, 0.15) is 22.1 Å². The molecule has 7 heteroatoms. The Morgan fingerprint density at radius 3 is 1.40 bits per heavy atom. The minimum Gasteiger partial charge on any atom is -1.00 e. The van der Waals surface area contributed by atoms with Crippen molar-refractivity contribution < 1.29 is 61.0 Å². The van der Waals surface area contributed by atoms with Crippen LogP contribution in [-0.4, -0.2) is 32.4 Å². The van der Waals surface area contributed by atoms with Gasteiger partial charge in [0.25, 0.3) is 0 Å². The van der Waals surface area contributed by atoms with E-state index >= 15 is 0 Å². The Morgan fingerprint density at radius 1 is 0.933 bits per heavy atom. The van der Waals surface area contributed by atoms with Gasteiger partial charge in [-0.3, -0.25) is 0 Å². The van der Waals surface area contributed by atoms with Gasteiger partial charge in [-0.1, -0.05) is 0 Å².